The summed E-state index contributed by atoms with van der Waals surface area (Å²) in [4.78, 5) is 36.0. The third-order valence-corrected chi connectivity index (χ3v) is 5.74. The molecule has 0 fully saturated rings. The molecule has 0 bridgehead atoms. The smallest absolute Gasteiger partial charge is 0.269 e. The summed E-state index contributed by atoms with van der Waals surface area (Å²) in [6.07, 6.45) is 0. The number of anilines is 2. The largest absolute Gasteiger partial charge is 0.325 e. The van der Waals surface area contributed by atoms with Crippen LogP contribution in [0.4, 0.5) is 17.1 Å². The summed E-state index contributed by atoms with van der Waals surface area (Å²) in [5.74, 6) is -0.447. The molecule has 1 unspecified atom stereocenters. The molecule has 7 nitrogen and oxygen atoms in total. The molecule has 0 saturated carbocycles. The lowest BCUT2D eigenvalue weighted by molar-refractivity contribution is -0.384. The van der Waals surface area contributed by atoms with Gasteiger partial charge >= 0.3 is 0 Å². The zero-order valence-electron chi connectivity index (χ0n) is 17.9. The van der Waals surface area contributed by atoms with Gasteiger partial charge in [0.2, 0.25) is 5.91 Å². The number of nitro benzene ring substituents is 1. The number of carbonyl (C=O) groups is 2. The van der Waals surface area contributed by atoms with Crippen molar-refractivity contribution in [1.82, 2.24) is 0 Å². The van der Waals surface area contributed by atoms with Gasteiger partial charge < -0.3 is 10.6 Å². The third kappa shape index (κ3) is 6.18. The molecule has 0 radical (unpaired) electrons. The van der Waals surface area contributed by atoms with Crippen LogP contribution in [0.15, 0.2) is 71.6 Å². The lowest BCUT2D eigenvalue weighted by Crippen LogP contribution is -2.22. The molecular weight excluding hydrogens is 426 g/mol. The maximum Gasteiger partial charge on any atom is 0.269 e. The fraction of sp³-hybridized carbons (Fsp3) is 0.167. The van der Waals surface area contributed by atoms with Gasteiger partial charge in [0.15, 0.2) is 0 Å². The lowest BCUT2D eigenvalue weighted by Gasteiger charge is -2.13. The van der Waals surface area contributed by atoms with Gasteiger partial charge in [0.1, 0.15) is 0 Å². The van der Waals surface area contributed by atoms with E-state index in [0.29, 0.717) is 11.3 Å². The summed E-state index contributed by atoms with van der Waals surface area (Å²) in [5, 5.41) is 16.1. The Labute approximate surface area is 190 Å². The Morgan fingerprint density at radius 3 is 2.03 bits per heavy atom. The number of rotatable bonds is 7. The van der Waals surface area contributed by atoms with Crippen molar-refractivity contribution >= 4 is 40.6 Å². The number of nitrogens with zero attached hydrogens (tertiary/aromatic N) is 1. The Morgan fingerprint density at radius 1 is 0.875 bits per heavy atom. The monoisotopic (exact) mass is 449 g/mol. The predicted molar refractivity (Wildman–Crippen MR) is 127 cm³/mol. The number of carbonyl (C=O) groups excluding carboxylic acids is 2. The number of nitro groups is 1. The Morgan fingerprint density at radius 2 is 1.47 bits per heavy atom. The van der Waals surface area contributed by atoms with Crippen molar-refractivity contribution < 1.29 is 14.5 Å². The van der Waals surface area contributed by atoms with E-state index in [9.17, 15) is 19.7 Å². The van der Waals surface area contributed by atoms with E-state index in [0.717, 1.165) is 21.7 Å². The minimum atomic E-state index is -0.513. The highest BCUT2D eigenvalue weighted by Crippen LogP contribution is 2.26. The zero-order chi connectivity index (χ0) is 23.3. The van der Waals surface area contributed by atoms with Crippen molar-refractivity contribution in [3.63, 3.8) is 0 Å². The van der Waals surface area contributed by atoms with Gasteiger partial charge in [-0.15, -0.1) is 11.8 Å². The molecule has 3 rings (SSSR count). The quantitative estimate of drug-likeness (QED) is 0.278. The van der Waals surface area contributed by atoms with Gasteiger partial charge in [0, 0.05) is 34.0 Å². The number of hydrogen-bond donors (Lipinski definition) is 2. The summed E-state index contributed by atoms with van der Waals surface area (Å²) in [6.45, 7) is 5.82. The van der Waals surface area contributed by atoms with Crippen molar-refractivity contribution in [2.24, 2.45) is 0 Å². The summed E-state index contributed by atoms with van der Waals surface area (Å²) in [5.41, 5.74) is 3.80. The number of aryl methyl sites for hydroxylation is 2. The molecule has 32 heavy (non-hydrogen) atoms. The van der Waals surface area contributed by atoms with E-state index in [1.807, 2.05) is 45.0 Å². The van der Waals surface area contributed by atoms with Gasteiger partial charge in [-0.2, -0.15) is 0 Å². The van der Waals surface area contributed by atoms with Crippen LogP contribution >= 0.6 is 11.8 Å². The van der Waals surface area contributed by atoms with E-state index in [4.69, 9.17) is 0 Å². The van der Waals surface area contributed by atoms with Crippen molar-refractivity contribution in [2.45, 2.75) is 30.9 Å². The Kier molecular flexibility index (Phi) is 7.27. The van der Waals surface area contributed by atoms with Crippen molar-refractivity contribution in [2.75, 3.05) is 10.6 Å². The van der Waals surface area contributed by atoms with E-state index >= 15 is 0 Å². The number of thioether (sulfide) groups is 1. The van der Waals surface area contributed by atoms with Crippen LogP contribution < -0.4 is 10.6 Å². The lowest BCUT2D eigenvalue weighted by atomic mass is 10.1. The number of amides is 2. The van der Waals surface area contributed by atoms with Gasteiger partial charge in [-0.05, 0) is 80.4 Å². The highest BCUT2D eigenvalue weighted by Gasteiger charge is 2.15. The SMILES string of the molecule is Cc1cc(C)cc(NC(=O)C(C)Sc2ccc(NC(=O)c3ccc([N+](=O)[O-])cc3)cc2)c1. The van der Waals surface area contributed by atoms with Crippen LogP contribution in [-0.2, 0) is 4.79 Å². The Bertz CT molecular complexity index is 1120. The van der Waals surface area contributed by atoms with Crippen LogP contribution in [0.3, 0.4) is 0 Å². The second-order valence-electron chi connectivity index (χ2n) is 7.41. The average Bonchev–Trinajstić information content (AvgIpc) is 2.74. The van der Waals surface area contributed by atoms with E-state index in [1.54, 1.807) is 12.1 Å². The first-order valence-electron chi connectivity index (χ1n) is 9.93. The Balaban J connectivity index is 1.57. The minimum absolute atomic E-state index is 0.0707. The van der Waals surface area contributed by atoms with Crippen LogP contribution in [0.2, 0.25) is 0 Å². The first kappa shape index (κ1) is 23.0. The molecule has 0 aliphatic heterocycles. The number of benzene rings is 3. The van der Waals surface area contributed by atoms with Crippen molar-refractivity contribution in [3.05, 3.63) is 93.5 Å². The molecule has 3 aromatic rings. The molecule has 0 aliphatic rings. The maximum absolute atomic E-state index is 12.5. The van der Waals surface area contributed by atoms with E-state index in [2.05, 4.69) is 16.7 Å². The molecule has 0 saturated heterocycles. The van der Waals surface area contributed by atoms with Crippen LogP contribution in [-0.4, -0.2) is 22.0 Å². The summed E-state index contributed by atoms with van der Waals surface area (Å²) >= 11 is 1.42. The van der Waals surface area contributed by atoms with Crippen LogP contribution in [0.1, 0.15) is 28.4 Å². The average molecular weight is 450 g/mol. The van der Waals surface area contributed by atoms with Crippen LogP contribution in [0.25, 0.3) is 0 Å². The summed E-state index contributed by atoms with van der Waals surface area (Å²) < 4.78 is 0. The van der Waals surface area contributed by atoms with Gasteiger partial charge in [-0.1, -0.05) is 6.07 Å². The highest BCUT2D eigenvalue weighted by molar-refractivity contribution is 8.00. The molecule has 0 aromatic heterocycles. The molecule has 3 aromatic carbocycles. The number of nitrogens with one attached hydrogen (secondary N) is 2. The van der Waals surface area contributed by atoms with Crippen LogP contribution in [0.5, 0.6) is 0 Å². The standard InChI is InChI=1S/C24H23N3O4S/c1-15-12-16(2)14-20(13-15)26-23(28)17(3)32-22-10-6-19(7-11-22)25-24(29)18-4-8-21(9-5-18)27(30)31/h4-14,17H,1-3H3,(H,25,29)(H,26,28). The van der Waals surface area contributed by atoms with Gasteiger partial charge in [-0.25, -0.2) is 0 Å². The molecule has 8 heteroatoms. The van der Waals surface area contributed by atoms with Crippen molar-refractivity contribution in [1.29, 1.82) is 0 Å². The fourth-order valence-corrected chi connectivity index (χ4v) is 3.97. The first-order valence-corrected chi connectivity index (χ1v) is 10.8. The molecular formula is C24H23N3O4S. The number of hydrogen-bond acceptors (Lipinski definition) is 5. The predicted octanol–water partition coefficient (Wildman–Crippen LogP) is 5.58. The zero-order valence-corrected chi connectivity index (χ0v) is 18.7. The summed E-state index contributed by atoms with van der Waals surface area (Å²) in [7, 11) is 0. The molecule has 0 aliphatic carbocycles. The molecule has 2 N–H and O–H groups in total. The van der Waals surface area contributed by atoms with Crippen molar-refractivity contribution in [3.8, 4) is 0 Å². The molecule has 164 valence electrons. The molecule has 2 amide bonds. The topological polar surface area (TPSA) is 101 Å². The minimum Gasteiger partial charge on any atom is -0.325 e. The normalized spacial score (nSPS) is 11.5. The number of non-ortho nitro benzene ring substituents is 1. The third-order valence-electron chi connectivity index (χ3n) is 4.62. The van der Waals surface area contributed by atoms with Crippen LogP contribution in [0, 0.1) is 24.0 Å². The van der Waals surface area contributed by atoms with E-state index in [-0.39, 0.29) is 22.8 Å². The van der Waals surface area contributed by atoms with E-state index < -0.39 is 4.92 Å². The second kappa shape index (κ2) is 10.1. The molecule has 0 heterocycles. The maximum atomic E-state index is 12.5. The van der Waals surface area contributed by atoms with Gasteiger partial charge in [-0.3, -0.25) is 19.7 Å². The van der Waals surface area contributed by atoms with E-state index in [1.165, 1.54) is 36.0 Å². The first-order chi connectivity index (χ1) is 15.2. The highest BCUT2D eigenvalue weighted by atomic mass is 32.2. The Hall–Kier alpha value is -3.65. The molecule has 1 atom stereocenters. The van der Waals surface area contributed by atoms with Gasteiger partial charge in [0.05, 0.1) is 10.2 Å². The summed E-state index contributed by atoms with van der Waals surface area (Å²) in [6, 6.07) is 18.5. The fourth-order valence-electron chi connectivity index (χ4n) is 3.10. The molecule has 0 spiro atoms. The second-order valence-corrected chi connectivity index (χ2v) is 8.82. The van der Waals surface area contributed by atoms with Gasteiger partial charge in [0.25, 0.3) is 11.6 Å².